The van der Waals surface area contributed by atoms with Gasteiger partial charge in [-0.15, -0.1) is 0 Å². The molecule has 0 saturated carbocycles. The lowest BCUT2D eigenvalue weighted by Crippen LogP contribution is -2.18. The van der Waals surface area contributed by atoms with Crippen LogP contribution in [0.25, 0.3) is 0 Å². The van der Waals surface area contributed by atoms with Crippen molar-refractivity contribution in [1.82, 2.24) is 0 Å². The van der Waals surface area contributed by atoms with Gasteiger partial charge in [-0.05, 0) is 24.3 Å². The van der Waals surface area contributed by atoms with Gasteiger partial charge in [-0.1, -0.05) is 12.1 Å². The molecule has 0 radical (unpaired) electrons. The number of methoxy groups -OCH3 is 1. The number of para-hydroxylation sites is 1. The number of esters is 1. The van der Waals surface area contributed by atoms with E-state index in [9.17, 15) is 18.4 Å². The summed E-state index contributed by atoms with van der Waals surface area (Å²) >= 11 is 0. The van der Waals surface area contributed by atoms with Gasteiger partial charge in [0.1, 0.15) is 11.6 Å². The third-order valence-electron chi connectivity index (χ3n) is 3.21. The van der Waals surface area contributed by atoms with Crippen LogP contribution in [0.1, 0.15) is 16.8 Å². The third-order valence-corrected chi connectivity index (χ3v) is 3.21. The van der Waals surface area contributed by atoms with Gasteiger partial charge in [0.05, 0.1) is 24.0 Å². The van der Waals surface area contributed by atoms with Crippen molar-refractivity contribution in [1.29, 1.82) is 0 Å². The van der Waals surface area contributed by atoms with E-state index in [1.165, 1.54) is 19.2 Å². The first-order valence-electron chi connectivity index (χ1n) is 7.17. The smallest absolute Gasteiger partial charge is 0.339 e. The number of nitrogens with one attached hydrogen (secondary N) is 2. The van der Waals surface area contributed by atoms with Gasteiger partial charge in [0, 0.05) is 19.0 Å². The molecule has 7 heteroatoms. The van der Waals surface area contributed by atoms with E-state index in [4.69, 9.17) is 0 Å². The molecule has 126 valence electrons. The van der Waals surface area contributed by atoms with Crippen molar-refractivity contribution in [2.45, 2.75) is 6.42 Å². The highest BCUT2D eigenvalue weighted by atomic mass is 19.1. The van der Waals surface area contributed by atoms with Crippen molar-refractivity contribution in [2.24, 2.45) is 0 Å². The van der Waals surface area contributed by atoms with E-state index in [-0.39, 0.29) is 30.1 Å². The summed E-state index contributed by atoms with van der Waals surface area (Å²) in [4.78, 5) is 23.6. The highest BCUT2D eigenvalue weighted by molar-refractivity contribution is 6.01. The number of hydrogen-bond donors (Lipinski definition) is 2. The Kier molecular flexibility index (Phi) is 5.83. The number of carbonyl (C=O) groups excluding carboxylic acids is 2. The minimum Gasteiger partial charge on any atom is -0.465 e. The predicted octanol–water partition coefficient (Wildman–Crippen LogP) is 3.19. The number of carbonyl (C=O) groups is 2. The molecule has 0 fully saturated rings. The van der Waals surface area contributed by atoms with Gasteiger partial charge in [-0.25, -0.2) is 13.6 Å². The lowest BCUT2D eigenvalue weighted by Gasteiger charge is -2.10. The maximum absolute atomic E-state index is 13.4. The molecule has 0 aromatic heterocycles. The van der Waals surface area contributed by atoms with E-state index in [2.05, 4.69) is 15.4 Å². The number of rotatable bonds is 6. The average molecular weight is 334 g/mol. The molecule has 0 aliphatic carbocycles. The molecule has 0 unspecified atom stereocenters. The standard InChI is InChI=1S/C17H16F2N2O3/c1-24-17(23)12-4-2-3-5-14(12)21-16(22)8-9-20-15-7-6-11(18)10-13(15)19/h2-7,10,20H,8-9H2,1H3,(H,21,22). The van der Waals surface area contributed by atoms with E-state index in [1.54, 1.807) is 18.2 Å². The Bertz CT molecular complexity index is 750. The van der Waals surface area contributed by atoms with E-state index < -0.39 is 17.6 Å². The fourth-order valence-electron chi connectivity index (χ4n) is 2.04. The maximum atomic E-state index is 13.4. The number of halogens is 2. The Labute approximate surface area is 137 Å². The number of benzene rings is 2. The molecule has 5 nitrogen and oxygen atoms in total. The first-order chi connectivity index (χ1) is 11.5. The Morgan fingerprint density at radius 2 is 1.83 bits per heavy atom. The molecule has 0 aliphatic rings. The minimum absolute atomic E-state index is 0.0341. The second-order valence-electron chi connectivity index (χ2n) is 4.89. The van der Waals surface area contributed by atoms with Crippen LogP contribution in [0.2, 0.25) is 0 Å². The molecule has 0 saturated heterocycles. The van der Waals surface area contributed by atoms with Crippen LogP contribution in [0.3, 0.4) is 0 Å². The topological polar surface area (TPSA) is 67.4 Å². The summed E-state index contributed by atoms with van der Waals surface area (Å²) in [5, 5.41) is 5.31. The molecular weight excluding hydrogens is 318 g/mol. The molecule has 24 heavy (non-hydrogen) atoms. The van der Waals surface area contributed by atoms with Gasteiger partial charge in [0.2, 0.25) is 5.91 Å². The van der Waals surface area contributed by atoms with Crippen LogP contribution >= 0.6 is 0 Å². The third kappa shape index (κ3) is 4.52. The molecule has 2 rings (SSSR count). The first kappa shape index (κ1) is 17.4. The number of anilines is 2. The molecular formula is C17H16F2N2O3. The van der Waals surface area contributed by atoms with Crippen LogP contribution in [0.4, 0.5) is 20.2 Å². The van der Waals surface area contributed by atoms with Gasteiger partial charge < -0.3 is 15.4 Å². The van der Waals surface area contributed by atoms with Crippen molar-refractivity contribution >= 4 is 23.3 Å². The normalized spacial score (nSPS) is 10.1. The predicted molar refractivity (Wildman–Crippen MR) is 85.9 cm³/mol. The van der Waals surface area contributed by atoms with Crippen molar-refractivity contribution in [3.05, 3.63) is 59.7 Å². The molecule has 0 spiro atoms. The fraction of sp³-hybridized carbons (Fsp3) is 0.176. The van der Waals surface area contributed by atoms with E-state index in [0.29, 0.717) is 5.69 Å². The summed E-state index contributed by atoms with van der Waals surface area (Å²) in [7, 11) is 1.25. The monoisotopic (exact) mass is 334 g/mol. The summed E-state index contributed by atoms with van der Waals surface area (Å²) < 4.78 is 30.9. The lowest BCUT2D eigenvalue weighted by molar-refractivity contribution is -0.115. The van der Waals surface area contributed by atoms with Crippen LogP contribution in [-0.2, 0) is 9.53 Å². The number of ether oxygens (including phenoxy) is 1. The van der Waals surface area contributed by atoms with Crippen molar-refractivity contribution in [2.75, 3.05) is 24.3 Å². The highest BCUT2D eigenvalue weighted by Crippen LogP contribution is 2.17. The minimum atomic E-state index is -0.730. The largest absolute Gasteiger partial charge is 0.465 e. The van der Waals surface area contributed by atoms with Gasteiger partial charge in [0.25, 0.3) is 0 Å². The second kappa shape index (κ2) is 8.05. The Morgan fingerprint density at radius 3 is 2.54 bits per heavy atom. The van der Waals surface area contributed by atoms with Gasteiger partial charge >= 0.3 is 5.97 Å². The summed E-state index contributed by atoms with van der Waals surface area (Å²) in [5.41, 5.74) is 0.687. The molecule has 0 atom stereocenters. The zero-order valence-corrected chi connectivity index (χ0v) is 12.9. The zero-order chi connectivity index (χ0) is 17.5. The van der Waals surface area contributed by atoms with Crippen LogP contribution in [0.5, 0.6) is 0 Å². The van der Waals surface area contributed by atoms with Crippen molar-refractivity contribution in [3.63, 3.8) is 0 Å². The van der Waals surface area contributed by atoms with E-state index in [0.717, 1.165) is 12.1 Å². The van der Waals surface area contributed by atoms with Gasteiger partial charge in [-0.2, -0.15) is 0 Å². The Hall–Kier alpha value is -2.96. The molecule has 2 aromatic carbocycles. The summed E-state index contributed by atoms with van der Waals surface area (Å²) in [5.74, 6) is -2.32. The van der Waals surface area contributed by atoms with Gasteiger partial charge in [-0.3, -0.25) is 4.79 Å². The van der Waals surface area contributed by atoms with Crippen LogP contribution in [-0.4, -0.2) is 25.5 Å². The van der Waals surface area contributed by atoms with Crippen LogP contribution < -0.4 is 10.6 Å². The molecule has 0 bridgehead atoms. The highest BCUT2D eigenvalue weighted by Gasteiger charge is 2.13. The summed E-state index contributed by atoms with van der Waals surface area (Å²) in [6, 6.07) is 9.59. The average Bonchev–Trinajstić information content (AvgIpc) is 2.56. The Morgan fingerprint density at radius 1 is 1.08 bits per heavy atom. The molecule has 2 N–H and O–H groups in total. The van der Waals surface area contributed by atoms with Crippen LogP contribution in [0, 0.1) is 11.6 Å². The van der Waals surface area contributed by atoms with Crippen LogP contribution in [0.15, 0.2) is 42.5 Å². The fourth-order valence-corrected chi connectivity index (χ4v) is 2.04. The Balaban J connectivity index is 1.91. The number of hydrogen-bond acceptors (Lipinski definition) is 4. The SMILES string of the molecule is COC(=O)c1ccccc1NC(=O)CCNc1ccc(F)cc1F. The van der Waals surface area contributed by atoms with E-state index in [1.807, 2.05) is 0 Å². The first-order valence-corrected chi connectivity index (χ1v) is 7.17. The molecule has 0 heterocycles. The maximum Gasteiger partial charge on any atom is 0.339 e. The molecule has 1 amide bonds. The van der Waals surface area contributed by atoms with Crippen molar-refractivity contribution in [3.8, 4) is 0 Å². The van der Waals surface area contributed by atoms with Crippen molar-refractivity contribution < 1.29 is 23.1 Å². The van der Waals surface area contributed by atoms with E-state index >= 15 is 0 Å². The molecule has 0 aliphatic heterocycles. The number of amides is 1. The zero-order valence-electron chi connectivity index (χ0n) is 12.9. The summed E-state index contributed by atoms with van der Waals surface area (Å²) in [6.07, 6.45) is 0.0341. The lowest BCUT2D eigenvalue weighted by atomic mass is 10.1. The molecule has 2 aromatic rings. The van der Waals surface area contributed by atoms with Gasteiger partial charge in [0.15, 0.2) is 0 Å². The second-order valence-corrected chi connectivity index (χ2v) is 4.89. The summed E-state index contributed by atoms with van der Waals surface area (Å²) in [6.45, 7) is 0.148. The quantitative estimate of drug-likeness (QED) is 0.796.